The number of carbonyl (C=O) groups is 1. The van der Waals surface area contributed by atoms with E-state index < -0.39 is 11.5 Å². The van der Waals surface area contributed by atoms with E-state index in [-0.39, 0.29) is 18.0 Å². The number of ether oxygens (including phenoxy) is 3. The number of nitrogens with zero attached hydrogens (tertiary/aromatic N) is 3. The van der Waals surface area contributed by atoms with Gasteiger partial charge in [0.1, 0.15) is 17.8 Å². The van der Waals surface area contributed by atoms with E-state index in [0.717, 1.165) is 39.3 Å². The number of benzene rings is 3. The third kappa shape index (κ3) is 6.00. The molecule has 0 saturated carbocycles. The summed E-state index contributed by atoms with van der Waals surface area (Å²) >= 11 is 0. The number of rotatable bonds is 10. The second-order valence-corrected chi connectivity index (χ2v) is 9.40. The summed E-state index contributed by atoms with van der Waals surface area (Å²) in [4.78, 5) is 33.6. The fourth-order valence-corrected chi connectivity index (χ4v) is 4.75. The molecule has 0 fully saturated rings. The van der Waals surface area contributed by atoms with Crippen molar-refractivity contribution in [3.63, 3.8) is 0 Å². The second kappa shape index (κ2) is 12.5. The van der Waals surface area contributed by atoms with Gasteiger partial charge in [0.05, 0.1) is 33.6 Å². The van der Waals surface area contributed by atoms with Crippen molar-refractivity contribution in [2.45, 2.75) is 33.5 Å². The summed E-state index contributed by atoms with van der Waals surface area (Å²) in [6, 6.07) is 18.7. The Morgan fingerprint density at radius 1 is 0.850 bits per heavy atom. The standard InChI is InChI=1S/C31H33N3O6/c1-20-14-24(18-35)15-21(2)28(20)34-19-32-29(27(30(34)36)31(37)40-5)33(16-22-6-10-25(38-3)11-7-22)17-23-8-12-26(39-4)13-9-23/h6-15,19,35H,16-18H2,1-5H3. The first-order chi connectivity index (χ1) is 19.3. The highest BCUT2D eigenvalue weighted by molar-refractivity contribution is 5.94. The number of hydrogen-bond acceptors (Lipinski definition) is 8. The first-order valence-electron chi connectivity index (χ1n) is 12.7. The molecule has 1 aromatic heterocycles. The van der Waals surface area contributed by atoms with Crippen LogP contribution >= 0.6 is 0 Å². The molecule has 0 spiro atoms. The summed E-state index contributed by atoms with van der Waals surface area (Å²) in [6.45, 7) is 4.30. The van der Waals surface area contributed by atoms with Crippen LogP contribution in [0.5, 0.6) is 11.5 Å². The molecule has 0 atom stereocenters. The van der Waals surface area contributed by atoms with Crippen molar-refractivity contribution in [2.75, 3.05) is 26.2 Å². The van der Waals surface area contributed by atoms with Gasteiger partial charge in [-0.1, -0.05) is 36.4 Å². The molecule has 4 rings (SSSR count). The van der Waals surface area contributed by atoms with E-state index >= 15 is 0 Å². The van der Waals surface area contributed by atoms with Crippen molar-refractivity contribution in [1.82, 2.24) is 9.55 Å². The maximum atomic E-state index is 13.9. The van der Waals surface area contributed by atoms with Gasteiger partial charge in [-0.05, 0) is 65.9 Å². The molecule has 0 aliphatic carbocycles. The minimum atomic E-state index is -0.779. The molecule has 40 heavy (non-hydrogen) atoms. The van der Waals surface area contributed by atoms with Crippen LogP contribution in [-0.4, -0.2) is 42.0 Å². The third-order valence-electron chi connectivity index (χ3n) is 6.68. The Morgan fingerprint density at radius 2 is 1.35 bits per heavy atom. The predicted octanol–water partition coefficient (Wildman–Crippen LogP) is 4.35. The van der Waals surface area contributed by atoms with Gasteiger partial charge in [0, 0.05) is 13.1 Å². The third-order valence-corrected chi connectivity index (χ3v) is 6.68. The summed E-state index contributed by atoms with van der Waals surface area (Å²) in [5.74, 6) is 0.874. The molecule has 9 heteroatoms. The highest BCUT2D eigenvalue weighted by Crippen LogP contribution is 2.25. The largest absolute Gasteiger partial charge is 0.497 e. The van der Waals surface area contributed by atoms with Crippen LogP contribution < -0.4 is 19.9 Å². The summed E-state index contributed by atoms with van der Waals surface area (Å²) < 4.78 is 17.0. The van der Waals surface area contributed by atoms with Crippen LogP contribution in [0.2, 0.25) is 0 Å². The number of methoxy groups -OCH3 is 3. The Labute approximate surface area is 233 Å². The van der Waals surface area contributed by atoms with Gasteiger partial charge in [0.2, 0.25) is 0 Å². The highest BCUT2D eigenvalue weighted by Gasteiger charge is 2.26. The Balaban J connectivity index is 1.86. The van der Waals surface area contributed by atoms with E-state index in [9.17, 15) is 14.7 Å². The quantitative estimate of drug-likeness (QED) is 0.295. The average Bonchev–Trinajstić information content (AvgIpc) is 2.97. The van der Waals surface area contributed by atoms with Crippen molar-refractivity contribution in [3.05, 3.63) is 111 Å². The molecule has 0 amide bonds. The van der Waals surface area contributed by atoms with E-state index in [1.807, 2.05) is 67.3 Å². The lowest BCUT2D eigenvalue weighted by molar-refractivity contribution is 0.0598. The van der Waals surface area contributed by atoms with Gasteiger partial charge in [-0.25, -0.2) is 9.78 Å². The van der Waals surface area contributed by atoms with E-state index in [4.69, 9.17) is 14.2 Å². The van der Waals surface area contributed by atoms with Crippen LogP contribution in [0.25, 0.3) is 5.69 Å². The SMILES string of the molecule is COC(=O)c1c(N(Cc2ccc(OC)cc2)Cc2ccc(OC)cc2)ncn(-c2c(C)cc(CO)cc2C)c1=O. The van der Waals surface area contributed by atoms with Crippen LogP contribution in [-0.2, 0) is 24.4 Å². The van der Waals surface area contributed by atoms with E-state index in [0.29, 0.717) is 18.8 Å². The van der Waals surface area contributed by atoms with Crippen molar-refractivity contribution in [3.8, 4) is 17.2 Å². The molecule has 0 aliphatic heterocycles. The van der Waals surface area contributed by atoms with Gasteiger partial charge < -0.3 is 24.2 Å². The number of aliphatic hydroxyl groups is 1. The number of aliphatic hydroxyl groups excluding tert-OH is 1. The fraction of sp³-hybridized carbons (Fsp3) is 0.258. The molecule has 0 bridgehead atoms. The van der Waals surface area contributed by atoms with Gasteiger partial charge >= 0.3 is 5.97 Å². The van der Waals surface area contributed by atoms with Crippen LogP contribution in [0.15, 0.2) is 71.8 Å². The first kappa shape index (κ1) is 28.4. The Morgan fingerprint density at radius 3 is 1.77 bits per heavy atom. The maximum absolute atomic E-state index is 13.9. The van der Waals surface area contributed by atoms with Crippen LogP contribution in [0, 0.1) is 13.8 Å². The number of anilines is 1. The molecule has 3 aromatic carbocycles. The topological polar surface area (TPSA) is 103 Å². The molecule has 1 N–H and O–H groups in total. The molecular formula is C31H33N3O6. The number of hydrogen-bond donors (Lipinski definition) is 1. The number of aromatic nitrogens is 2. The van der Waals surface area contributed by atoms with Gasteiger partial charge in [0.25, 0.3) is 5.56 Å². The highest BCUT2D eigenvalue weighted by atomic mass is 16.5. The molecule has 0 aliphatic rings. The molecule has 208 valence electrons. The van der Waals surface area contributed by atoms with Crippen LogP contribution in [0.4, 0.5) is 5.82 Å². The molecule has 1 heterocycles. The van der Waals surface area contributed by atoms with Crippen molar-refractivity contribution in [2.24, 2.45) is 0 Å². The van der Waals surface area contributed by atoms with E-state index in [2.05, 4.69) is 4.98 Å². The Bertz CT molecular complexity index is 1470. The molecule has 0 unspecified atom stereocenters. The second-order valence-electron chi connectivity index (χ2n) is 9.40. The van der Waals surface area contributed by atoms with E-state index in [1.165, 1.54) is 18.0 Å². The minimum Gasteiger partial charge on any atom is -0.497 e. The molecule has 0 saturated heterocycles. The van der Waals surface area contributed by atoms with Crippen molar-refractivity contribution in [1.29, 1.82) is 0 Å². The normalized spacial score (nSPS) is 10.8. The van der Waals surface area contributed by atoms with Gasteiger partial charge in [-0.3, -0.25) is 9.36 Å². The van der Waals surface area contributed by atoms with Gasteiger partial charge in [-0.15, -0.1) is 0 Å². The van der Waals surface area contributed by atoms with Crippen molar-refractivity contribution < 1.29 is 24.1 Å². The lowest BCUT2D eigenvalue weighted by Crippen LogP contribution is -2.33. The van der Waals surface area contributed by atoms with Gasteiger partial charge in [0.15, 0.2) is 11.4 Å². The minimum absolute atomic E-state index is 0.118. The number of carbonyl (C=O) groups excluding carboxylic acids is 1. The zero-order valence-electron chi connectivity index (χ0n) is 23.3. The molecule has 9 nitrogen and oxygen atoms in total. The number of esters is 1. The smallest absolute Gasteiger partial charge is 0.347 e. The monoisotopic (exact) mass is 543 g/mol. The summed E-state index contributed by atoms with van der Waals surface area (Å²) in [5, 5.41) is 9.59. The lowest BCUT2D eigenvalue weighted by atomic mass is 10.0. The summed E-state index contributed by atoms with van der Waals surface area (Å²) in [5.41, 5.74) is 4.02. The van der Waals surface area contributed by atoms with Gasteiger partial charge in [-0.2, -0.15) is 0 Å². The molecular weight excluding hydrogens is 510 g/mol. The first-order valence-corrected chi connectivity index (χ1v) is 12.7. The Kier molecular flexibility index (Phi) is 8.86. The van der Waals surface area contributed by atoms with Crippen LogP contribution in [0.3, 0.4) is 0 Å². The average molecular weight is 544 g/mol. The fourth-order valence-electron chi connectivity index (χ4n) is 4.75. The lowest BCUT2D eigenvalue weighted by Gasteiger charge is -2.26. The summed E-state index contributed by atoms with van der Waals surface area (Å²) in [7, 11) is 4.45. The van der Waals surface area contributed by atoms with E-state index in [1.54, 1.807) is 26.4 Å². The Hall–Kier alpha value is -4.63. The predicted molar refractivity (Wildman–Crippen MR) is 152 cm³/mol. The zero-order valence-corrected chi connectivity index (χ0v) is 23.3. The van der Waals surface area contributed by atoms with Crippen molar-refractivity contribution >= 4 is 11.8 Å². The van der Waals surface area contributed by atoms with Crippen LogP contribution in [0.1, 0.15) is 38.2 Å². The maximum Gasteiger partial charge on any atom is 0.347 e. The zero-order chi connectivity index (χ0) is 28.8. The summed E-state index contributed by atoms with van der Waals surface area (Å²) in [6.07, 6.45) is 1.44. The number of aryl methyl sites for hydroxylation is 2. The molecule has 4 aromatic rings. The molecule has 0 radical (unpaired) electrons.